The fourth-order valence-corrected chi connectivity index (χ4v) is 5.43. The molecule has 0 aliphatic carbocycles. The zero-order valence-corrected chi connectivity index (χ0v) is 22.3. The quantitative estimate of drug-likeness (QED) is 0.262. The summed E-state index contributed by atoms with van der Waals surface area (Å²) in [6, 6.07) is 19.1. The van der Waals surface area contributed by atoms with Crippen LogP contribution in [0.25, 0.3) is 0 Å². The Labute approximate surface area is 230 Å². The molecule has 1 saturated heterocycles. The number of halogens is 6. The van der Waals surface area contributed by atoms with Gasteiger partial charge in [0.2, 0.25) is 0 Å². The molecule has 1 amide bonds. The van der Waals surface area contributed by atoms with Gasteiger partial charge < -0.3 is 4.90 Å². The minimum Gasteiger partial charge on any atom is -0.338 e. The number of hydrogen-bond acceptors (Lipinski definition) is 2. The van der Waals surface area contributed by atoms with Gasteiger partial charge in [-0.25, -0.2) is 0 Å². The van der Waals surface area contributed by atoms with E-state index in [-0.39, 0.29) is 30.2 Å². The van der Waals surface area contributed by atoms with E-state index in [1.807, 2.05) is 24.8 Å². The molecule has 0 aromatic heterocycles. The summed E-state index contributed by atoms with van der Waals surface area (Å²) >= 11 is 0. The molecule has 1 aliphatic heterocycles. The zero-order valence-electron chi connectivity index (χ0n) is 22.3. The lowest BCUT2D eigenvalue weighted by atomic mass is 9.87. The van der Waals surface area contributed by atoms with Gasteiger partial charge in [-0.1, -0.05) is 68.4 Å². The predicted octanol–water partition coefficient (Wildman–Crippen LogP) is 7.74. The SMILES string of the molecule is CC(C)CN(C[C@@H]1CN(Cc2cccc(C(F)(F)F)c2)C[C@@H]1c1cccc(C(F)(F)F)c1)C(=O)c1ccccc1. The molecule has 1 heterocycles. The molecule has 214 valence electrons. The van der Waals surface area contributed by atoms with E-state index in [9.17, 15) is 31.1 Å². The van der Waals surface area contributed by atoms with Crippen LogP contribution in [0.4, 0.5) is 26.3 Å². The second-order valence-corrected chi connectivity index (χ2v) is 10.9. The molecule has 0 saturated carbocycles. The Hall–Kier alpha value is -3.33. The van der Waals surface area contributed by atoms with Crippen molar-refractivity contribution in [3.63, 3.8) is 0 Å². The Kier molecular flexibility index (Phi) is 8.93. The van der Waals surface area contributed by atoms with Crippen molar-refractivity contribution in [2.24, 2.45) is 11.8 Å². The fourth-order valence-electron chi connectivity index (χ4n) is 5.43. The lowest BCUT2D eigenvalue weighted by Gasteiger charge is -2.30. The van der Waals surface area contributed by atoms with Gasteiger partial charge in [0.25, 0.3) is 5.91 Å². The summed E-state index contributed by atoms with van der Waals surface area (Å²) in [7, 11) is 0. The Bertz CT molecular complexity index is 1290. The van der Waals surface area contributed by atoms with Crippen molar-refractivity contribution in [3.05, 3.63) is 107 Å². The molecular weight excluding hydrogens is 530 g/mol. The number of hydrogen-bond donors (Lipinski definition) is 0. The van der Waals surface area contributed by atoms with Crippen molar-refractivity contribution in [3.8, 4) is 0 Å². The van der Waals surface area contributed by atoms with E-state index in [1.165, 1.54) is 12.1 Å². The molecule has 1 aliphatic rings. The molecule has 0 N–H and O–H groups in total. The molecule has 2 atom stereocenters. The smallest absolute Gasteiger partial charge is 0.338 e. The number of carbonyl (C=O) groups is 1. The number of benzene rings is 3. The molecule has 3 aromatic carbocycles. The average molecular weight is 563 g/mol. The number of likely N-dealkylation sites (tertiary alicyclic amines) is 1. The number of nitrogens with zero attached hydrogens (tertiary/aromatic N) is 2. The van der Waals surface area contributed by atoms with Crippen LogP contribution in [0, 0.1) is 11.8 Å². The molecule has 3 aromatic rings. The van der Waals surface area contributed by atoms with Crippen LogP contribution in [0.3, 0.4) is 0 Å². The number of amides is 1. The van der Waals surface area contributed by atoms with Crippen LogP contribution in [-0.4, -0.2) is 41.9 Å². The second kappa shape index (κ2) is 12.0. The van der Waals surface area contributed by atoms with Gasteiger partial charge in [-0.15, -0.1) is 0 Å². The first-order valence-corrected chi connectivity index (χ1v) is 13.2. The summed E-state index contributed by atoms with van der Waals surface area (Å²) in [6.45, 7) is 5.76. The standard InChI is InChI=1S/C31H32F6N2O/c1-21(2)16-39(29(40)23-9-4-3-5-10-23)19-25-18-38(17-22-8-6-12-26(14-22)30(32,33)34)20-28(25)24-11-7-13-27(15-24)31(35,36)37/h3-15,21,25,28H,16-20H2,1-2H3/t25-,28+/m0/s1. The average Bonchev–Trinajstić information content (AvgIpc) is 3.29. The van der Waals surface area contributed by atoms with Crippen LogP contribution in [0.15, 0.2) is 78.9 Å². The lowest BCUT2D eigenvalue weighted by Crippen LogP contribution is -2.39. The van der Waals surface area contributed by atoms with Crippen LogP contribution in [0.2, 0.25) is 0 Å². The predicted molar refractivity (Wildman–Crippen MR) is 142 cm³/mol. The van der Waals surface area contributed by atoms with E-state index >= 15 is 0 Å². The Morgan fingerprint density at radius 3 is 2.10 bits per heavy atom. The number of alkyl halides is 6. The molecule has 9 heteroatoms. The summed E-state index contributed by atoms with van der Waals surface area (Å²) in [5.41, 5.74) is 0.00416. The van der Waals surface area contributed by atoms with Crippen molar-refractivity contribution in [2.45, 2.75) is 38.7 Å². The van der Waals surface area contributed by atoms with Crippen LogP contribution >= 0.6 is 0 Å². The monoisotopic (exact) mass is 562 g/mol. The normalized spacial score (nSPS) is 18.3. The highest BCUT2D eigenvalue weighted by atomic mass is 19.4. The van der Waals surface area contributed by atoms with E-state index in [2.05, 4.69) is 0 Å². The molecule has 0 unspecified atom stereocenters. The van der Waals surface area contributed by atoms with E-state index in [4.69, 9.17) is 0 Å². The van der Waals surface area contributed by atoms with Gasteiger partial charge in [-0.2, -0.15) is 26.3 Å². The van der Waals surface area contributed by atoms with Gasteiger partial charge in [0.1, 0.15) is 0 Å². The summed E-state index contributed by atoms with van der Waals surface area (Å²) in [5.74, 6) is -0.567. The topological polar surface area (TPSA) is 23.6 Å². The minimum absolute atomic E-state index is 0.155. The first-order chi connectivity index (χ1) is 18.8. The minimum atomic E-state index is -4.51. The molecule has 4 rings (SSSR count). The molecule has 0 bridgehead atoms. The summed E-state index contributed by atoms with van der Waals surface area (Å²) in [4.78, 5) is 17.2. The van der Waals surface area contributed by atoms with E-state index in [1.54, 1.807) is 41.3 Å². The van der Waals surface area contributed by atoms with Gasteiger partial charge in [0.15, 0.2) is 0 Å². The maximum atomic E-state index is 13.5. The number of rotatable bonds is 8. The van der Waals surface area contributed by atoms with Crippen molar-refractivity contribution < 1.29 is 31.1 Å². The summed E-state index contributed by atoms with van der Waals surface area (Å²) in [5, 5.41) is 0. The third kappa shape index (κ3) is 7.44. The van der Waals surface area contributed by atoms with Gasteiger partial charge in [0, 0.05) is 44.2 Å². The molecular formula is C31H32F6N2O. The number of carbonyl (C=O) groups excluding carboxylic acids is 1. The first kappa shape index (κ1) is 29.6. The Morgan fingerprint density at radius 2 is 1.48 bits per heavy atom. The molecule has 0 spiro atoms. The van der Waals surface area contributed by atoms with Crippen molar-refractivity contribution in [2.75, 3.05) is 26.2 Å². The van der Waals surface area contributed by atoms with Gasteiger partial charge >= 0.3 is 12.4 Å². The molecule has 0 radical (unpaired) electrons. The zero-order chi connectivity index (χ0) is 29.1. The molecule has 40 heavy (non-hydrogen) atoms. The van der Waals surface area contributed by atoms with Crippen LogP contribution in [-0.2, 0) is 18.9 Å². The Morgan fingerprint density at radius 1 is 0.850 bits per heavy atom. The molecule has 1 fully saturated rings. The first-order valence-electron chi connectivity index (χ1n) is 13.2. The third-order valence-corrected chi connectivity index (χ3v) is 7.17. The third-order valence-electron chi connectivity index (χ3n) is 7.17. The van der Waals surface area contributed by atoms with Gasteiger partial charge in [0.05, 0.1) is 11.1 Å². The van der Waals surface area contributed by atoms with Gasteiger partial charge in [-0.3, -0.25) is 9.69 Å². The maximum absolute atomic E-state index is 13.5. The lowest BCUT2D eigenvalue weighted by molar-refractivity contribution is -0.138. The van der Waals surface area contributed by atoms with Crippen molar-refractivity contribution >= 4 is 5.91 Å². The Balaban J connectivity index is 1.64. The highest BCUT2D eigenvalue weighted by Gasteiger charge is 2.38. The maximum Gasteiger partial charge on any atom is 0.416 e. The van der Waals surface area contributed by atoms with Crippen molar-refractivity contribution in [1.29, 1.82) is 0 Å². The van der Waals surface area contributed by atoms with Crippen molar-refractivity contribution in [1.82, 2.24) is 9.80 Å². The van der Waals surface area contributed by atoms with Gasteiger partial charge in [-0.05, 0) is 47.2 Å². The highest BCUT2D eigenvalue weighted by molar-refractivity contribution is 5.94. The van der Waals surface area contributed by atoms with E-state index in [0.717, 1.165) is 24.3 Å². The largest absolute Gasteiger partial charge is 0.416 e. The van der Waals surface area contributed by atoms with Crippen LogP contribution in [0.5, 0.6) is 0 Å². The van der Waals surface area contributed by atoms with E-state index < -0.39 is 23.5 Å². The summed E-state index contributed by atoms with van der Waals surface area (Å²) < 4.78 is 80.5. The van der Waals surface area contributed by atoms with Crippen LogP contribution in [0.1, 0.15) is 52.4 Å². The fraction of sp³-hybridized carbons (Fsp3) is 0.387. The van der Waals surface area contributed by atoms with Crippen LogP contribution < -0.4 is 0 Å². The van der Waals surface area contributed by atoms with E-state index in [0.29, 0.717) is 42.9 Å². The molecule has 3 nitrogen and oxygen atoms in total. The highest BCUT2D eigenvalue weighted by Crippen LogP contribution is 2.38. The summed E-state index contributed by atoms with van der Waals surface area (Å²) in [6.07, 6.45) is -8.98. The second-order valence-electron chi connectivity index (χ2n) is 10.9.